The van der Waals surface area contributed by atoms with Gasteiger partial charge in [-0.05, 0) is 55.5 Å². The first-order chi connectivity index (χ1) is 16.2. The van der Waals surface area contributed by atoms with Crippen LogP contribution < -0.4 is 24.2 Å². The number of carbonyl (C=O) groups excluding carboxylic acids is 1. The quantitative estimate of drug-likeness (QED) is 0.509. The molecule has 9 heteroatoms. The maximum absolute atomic E-state index is 13.1. The minimum atomic E-state index is -4.01. The third-order valence-electron chi connectivity index (χ3n) is 5.84. The largest absolute Gasteiger partial charge is 0.497 e. The van der Waals surface area contributed by atoms with Crippen molar-refractivity contribution in [1.29, 1.82) is 0 Å². The summed E-state index contributed by atoms with van der Waals surface area (Å²) < 4.78 is 45.0. The fourth-order valence-electron chi connectivity index (χ4n) is 3.80. The number of anilines is 2. The van der Waals surface area contributed by atoms with Crippen LogP contribution in [0.4, 0.5) is 11.4 Å². The summed E-state index contributed by atoms with van der Waals surface area (Å²) in [7, 11) is -1.10. The van der Waals surface area contributed by atoms with Crippen LogP contribution in [0.5, 0.6) is 17.2 Å². The van der Waals surface area contributed by atoms with Crippen LogP contribution in [-0.2, 0) is 10.0 Å². The molecular weight excluding hydrogens is 456 g/mol. The molecule has 4 rings (SSSR count). The molecule has 0 unspecified atom stereocenters. The molecule has 0 radical (unpaired) electrons. The molecule has 0 aliphatic carbocycles. The Bertz CT molecular complexity index is 1320. The number of nitrogens with one attached hydrogen (secondary N) is 2. The number of sulfonamides is 1. The Labute approximate surface area is 198 Å². The number of carbonyl (C=O) groups is 1. The van der Waals surface area contributed by atoms with Gasteiger partial charge in [-0.25, -0.2) is 8.42 Å². The van der Waals surface area contributed by atoms with E-state index in [9.17, 15) is 13.2 Å². The first-order valence-corrected chi connectivity index (χ1v) is 12.2. The number of fused-ring (bicyclic) bond motifs is 1. The van der Waals surface area contributed by atoms with Gasteiger partial charge in [0.25, 0.3) is 15.9 Å². The number of methoxy groups -OCH3 is 2. The second kappa shape index (κ2) is 9.26. The average molecular weight is 483 g/mol. The molecule has 2 N–H and O–H groups in total. The first kappa shape index (κ1) is 23.4. The van der Waals surface area contributed by atoms with E-state index in [1.54, 1.807) is 36.4 Å². The smallest absolute Gasteiger partial charge is 0.265 e. The Kier molecular flexibility index (Phi) is 6.39. The number of hydrogen-bond acceptors (Lipinski definition) is 6. The van der Waals surface area contributed by atoms with Gasteiger partial charge in [-0.3, -0.25) is 9.52 Å². The van der Waals surface area contributed by atoms with Crippen LogP contribution in [0.15, 0.2) is 65.6 Å². The van der Waals surface area contributed by atoms with Crippen LogP contribution in [0.25, 0.3) is 0 Å². The first-order valence-electron chi connectivity index (χ1n) is 10.7. The topological polar surface area (TPSA) is 103 Å². The van der Waals surface area contributed by atoms with E-state index in [0.29, 0.717) is 28.4 Å². The molecule has 0 saturated heterocycles. The molecule has 8 nitrogen and oxygen atoms in total. The van der Waals surface area contributed by atoms with Crippen molar-refractivity contribution >= 4 is 27.3 Å². The zero-order chi connectivity index (χ0) is 24.5. The lowest BCUT2D eigenvalue weighted by molar-refractivity contribution is 0.102. The summed E-state index contributed by atoms with van der Waals surface area (Å²) in [5.41, 5.74) is 2.03. The normalized spacial score (nSPS) is 16.8. The maximum Gasteiger partial charge on any atom is 0.265 e. The lowest BCUT2D eigenvalue weighted by Crippen LogP contribution is -2.17. The van der Waals surface area contributed by atoms with Crippen molar-refractivity contribution in [3.63, 3.8) is 0 Å². The summed E-state index contributed by atoms with van der Waals surface area (Å²) in [5.74, 6) is 1.08. The minimum Gasteiger partial charge on any atom is -0.497 e. The van der Waals surface area contributed by atoms with Gasteiger partial charge in [0, 0.05) is 22.9 Å². The molecule has 0 aromatic heterocycles. The molecule has 34 heavy (non-hydrogen) atoms. The van der Waals surface area contributed by atoms with Crippen LogP contribution in [0, 0.1) is 0 Å². The van der Waals surface area contributed by atoms with Crippen molar-refractivity contribution < 1.29 is 27.4 Å². The summed E-state index contributed by atoms with van der Waals surface area (Å²) in [5, 5.41) is 2.78. The number of ether oxygens (including phenoxy) is 3. The van der Waals surface area contributed by atoms with Gasteiger partial charge in [0.15, 0.2) is 0 Å². The van der Waals surface area contributed by atoms with Gasteiger partial charge in [-0.15, -0.1) is 0 Å². The van der Waals surface area contributed by atoms with E-state index in [4.69, 9.17) is 14.2 Å². The SMILES string of the molecule is COc1ccc(NS(=O)(=O)c2cc(NC(=O)c3cccc4c3O[C@H](C)[C@@H]4C)ccc2OC)cc1. The lowest BCUT2D eigenvalue weighted by Gasteiger charge is -2.14. The number of para-hydroxylation sites is 1. The molecule has 1 aliphatic rings. The minimum absolute atomic E-state index is 0.0364. The molecule has 0 fully saturated rings. The third-order valence-corrected chi connectivity index (χ3v) is 7.24. The summed E-state index contributed by atoms with van der Waals surface area (Å²) in [4.78, 5) is 12.9. The Morgan fingerprint density at radius 2 is 1.65 bits per heavy atom. The second-order valence-electron chi connectivity index (χ2n) is 7.99. The summed E-state index contributed by atoms with van der Waals surface area (Å²) in [6.07, 6.45) is -0.0364. The molecule has 1 heterocycles. The highest BCUT2D eigenvalue weighted by molar-refractivity contribution is 7.92. The van der Waals surface area contributed by atoms with Gasteiger partial charge in [-0.1, -0.05) is 19.1 Å². The highest BCUT2D eigenvalue weighted by Gasteiger charge is 2.31. The van der Waals surface area contributed by atoms with Gasteiger partial charge < -0.3 is 19.5 Å². The zero-order valence-corrected chi connectivity index (χ0v) is 20.1. The number of benzene rings is 3. The lowest BCUT2D eigenvalue weighted by atomic mass is 9.97. The molecule has 2 atom stereocenters. The number of hydrogen-bond donors (Lipinski definition) is 2. The predicted octanol–water partition coefficient (Wildman–Crippen LogP) is 4.64. The van der Waals surface area contributed by atoms with Crippen LogP contribution in [-0.4, -0.2) is 34.6 Å². The van der Waals surface area contributed by atoms with Crippen molar-refractivity contribution in [2.45, 2.75) is 30.8 Å². The molecule has 0 spiro atoms. The Morgan fingerprint density at radius 3 is 2.32 bits per heavy atom. The van der Waals surface area contributed by atoms with Crippen molar-refractivity contribution in [2.75, 3.05) is 24.3 Å². The van der Waals surface area contributed by atoms with Crippen molar-refractivity contribution in [3.05, 3.63) is 71.8 Å². The summed E-state index contributed by atoms with van der Waals surface area (Å²) >= 11 is 0. The molecule has 1 amide bonds. The molecule has 3 aromatic carbocycles. The summed E-state index contributed by atoms with van der Waals surface area (Å²) in [6, 6.07) is 16.4. The van der Waals surface area contributed by atoms with Crippen LogP contribution in [0.3, 0.4) is 0 Å². The van der Waals surface area contributed by atoms with Gasteiger partial charge >= 0.3 is 0 Å². The van der Waals surface area contributed by atoms with E-state index in [-0.39, 0.29) is 22.7 Å². The van der Waals surface area contributed by atoms with Crippen molar-refractivity contribution in [1.82, 2.24) is 0 Å². The van der Waals surface area contributed by atoms with Crippen LogP contribution in [0.2, 0.25) is 0 Å². The van der Waals surface area contributed by atoms with Crippen LogP contribution in [0.1, 0.15) is 35.7 Å². The van der Waals surface area contributed by atoms with Gasteiger partial charge in [0.05, 0.1) is 19.8 Å². The zero-order valence-electron chi connectivity index (χ0n) is 19.3. The highest BCUT2D eigenvalue weighted by atomic mass is 32.2. The molecular formula is C25H26N2O6S. The van der Waals surface area contributed by atoms with Gasteiger partial charge in [-0.2, -0.15) is 0 Å². The molecule has 0 saturated carbocycles. The molecule has 178 valence electrons. The second-order valence-corrected chi connectivity index (χ2v) is 9.64. The van der Waals surface area contributed by atoms with E-state index in [1.807, 2.05) is 19.1 Å². The fraction of sp³-hybridized carbons (Fsp3) is 0.240. The predicted molar refractivity (Wildman–Crippen MR) is 130 cm³/mol. The van der Waals surface area contributed by atoms with E-state index in [1.165, 1.54) is 26.4 Å². The van der Waals surface area contributed by atoms with E-state index in [2.05, 4.69) is 17.0 Å². The molecule has 3 aromatic rings. The number of rotatable bonds is 7. The fourth-order valence-corrected chi connectivity index (χ4v) is 5.05. The van der Waals surface area contributed by atoms with Crippen molar-refractivity contribution in [2.24, 2.45) is 0 Å². The van der Waals surface area contributed by atoms with Crippen molar-refractivity contribution in [3.8, 4) is 17.2 Å². The average Bonchev–Trinajstić information content (AvgIpc) is 3.12. The standard InChI is InChI=1S/C25H26N2O6S/c1-15-16(2)33-24-20(15)6-5-7-21(24)25(28)26-18-10-13-22(32-4)23(14-18)34(29,30)27-17-8-11-19(31-3)12-9-17/h5-16,27H,1-4H3,(H,26,28)/t15-,16+/m0/s1. The van der Waals surface area contributed by atoms with E-state index in [0.717, 1.165) is 5.56 Å². The van der Waals surface area contributed by atoms with E-state index < -0.39 is 15.9 Å². The summed E-state index contributed by atoms with van der Waals surface area (Å²) in [6.45, 7) is 4.01. The van der Waals surface area contributed by atoms with Gasteiger partial charge in [0.2, 0.25) is 0 Å². The van der Waals surface area contributed by atoms with Crippen LogP contribution >= 0.6 is 0 Å². The Morgan fingerprint density at radius 1 is 0.941 bits per heavy atom. The Hall–Kier alpha value is -3.72. The monoisotopic (exact) mass is 482 g/mol. The maximum atomic E-state index is 13.1. The Balaban J connectivity index is 1.61. The van der Waals surface area contributed by atoms with E-state index >= 15 is 0 Å². The molecule has 0 bridgehead atoms. The highest BCUT2D eigenvalue weighted by Crippen LogP contribution is 2.40. The third kappa shape index (κ3) is 4.51. The molecule has 1 aliphatic heterocycles. The number of amides is 1. The van der Waals surface area contributed by atoms with Gasteiger partial charge in [0.1, 0.15) is 28.2 Å².